The van der Waals surface area contributed by atoms with Gasteiger partial charge in [0.05, 0.1) is 11.3 Å². The quantitative estimate of drug-likeness (QED) is 0.903. The van der Waals surface area contributed by atoms with Crippen molar-refractivity contribution in [2.24, 2.45) is 13.0 Å². The molecule has 2 fully saturated rings. The van der Waals surface area contributed by atoms with E-state index in [-0.39, 0.29) is 11.9 Å². The molecule has 4 rings (SSSR count). The average Bonchev–Trinajstić information content (AvgIpc) is 3.12. The van der Waals surface area contributed by atoms with Crippen molar-refractivity contribution in [3.63, 3.8) is 0 Å². The minimum atomic E-state index is -0.908. The first kappa shape index (κ1) is 16.1. The number of aromatic nitrogens is 3. The van der Waals surface area contributed by atoms with Gasteiger partial charge in [-0.1, -0.05) is 12.8 Å². The summed E-state index contributed by atoms with van der Waals surface area (Å²) in [6.07, 6.45) is 6.18. The Bertz CT molecular complexity index is 859. The maximum Gasteiger partial charge on any atom is 0.326 e. The summed E-state index contributed by atoms with van der Waals surface area (Å²) in [7, 11) is 1.82. The molecule has 7 nitrogen and oxygen atoms in total. The summed E-state index contributed by atoms with van der Waals surface area (Å²) in [5, 5.41) is 14.8. The standard InChI is InChI=1S/C18H22N4O3/c1-10-13-7-12(9-19-16(13)21(2)20-10)17(23)22-14-6-4-3-5-11(14)8-15(22)18(24)25/h7,9,11,14-15H,3-6,8H2,1-2H3,(H,24,25). The third-order valence-corrected chi connectivity index (χ3v) is 5.72. The van der Waals surface area contributed by atoms with Crippen LogP contribution in [0, 0.1) is 12.8 Å². The number of aliphatic carboxylic acids is 1. The number of carboxylic acids is 1. The molecule has 0 radical (unpaired) electrons. The van der Waals surface area contributed by atoms with Crippen LogP contribution in [0.4, 0.5) is 0 Å². The highest BCUT2D eigenvalue weighted by atomic mass is 16.4. The zero-order valence-electron chi connectivity index (χ0n) is 14.5. The van der Waals surface area contributed by atoms with Crippen molar-refractivity contribution in [3.05, 3.63) is 23.5 Å². The van der Waals surface area contributed by atoms with Gasteiger partial charge in [0, 0.05) is 24.7 Å². The highest BCUT2D eigenvalue weighted by Gasteiger charge is 2.47. The van der Waals surface area contributed by atoms with Gasteiger partial charge in [0.1, 0.15) is 6.04 Å². The van der Waals surface area contributed by atoms with Crippen LogP contribution in [-0.2, 0) is 11.8 Å². The first-order chi connectivity index (χ1) is 12.0. The molecule has 0 bridgehead atoms. The number of nitrogens with zero attached hydrogens (tertiary/aromatic N) is 4. The highest BCUT2D eigenvalue weighted by Crippen LogP contribution is 2.40. The van der Waals surface area contributed by atoms with Gasteiger partial charge in [-0.25, -0.2) is 9.78 Å². The van der Waals surface area contributed by atoms with Gasteiger partial charge in [0.25, 0.3) is 5.91 Å². The van der Waals surface area contributed by atoms with Crippen LogP contribution < -0.4 is 0 Å². The van der Waals surface area contributed by atoms with E-state index in [1.165, 1.54) is 0 Å². The lowest BCUT2D eigenvalue weighted by molar-refractivity contribution is -0.141. The summed E-state index contributed by atoms with van der Waals surface area (Å²) >= 11 is 0. The van der Waals surface area contributed by atoms with Crippen molar-refractivity contribution in [2.45, 2.75) is 51.1 Å². The number of carboxylic acid groups (broad SMARTS) is 1. The van der Waals surface area contributed by atoms with E-state index < -0.39 is 12.0 Å². The van der Waals surface area contributed by atoms with Crippen LogP contribution in [0.1, 0.15) is 48.2 Å². The Morgan fingerprint density at radius 2 is 2.04 bits per heavy atom. The van der Waals surface area contributed by atoms with Crippen molar-refractivity contribution in [2.75, 3.05) is 0 Å². The Kier molecular flexibility index (Phi) is 3.74. The number of amides is 1. The minimum Gasteiger partial charge on any atom is -0.480 e. The van der Waals surface area contributed by atoms with Gasteiger partial charge in [-0.3, -0.25) is 9.48 Å². The molecule has 1 N–H and O–H groups in total. The van der Waals surface area contributed by atoms with E-state index in [0.717, 1.165) is 42.4 Å². The Morgan fingerprint density at radius 3 is 2.80 bits per heavy atom. The molecule has 0 spiro atoms. The number of carbonyl (C=O) groups excluding carboxylic acids is 1. The molecule has 3 unspecified atom stereocenters. The summed E-state index contributed by atoms with van der Waals surface area (Å²) in [6, 6.07) is 1.10. The second-order valence-electron chi connectivity index (χ2n) is 7.22. The first-order valence-electron chi connectivity index (χ1n) is 8.82. The van der Waals surface area contributed by atoms with Gasteiger partial charge in [-0.15, -0.1) is 0 Å². The maximum atomic E-state index is 13.2. The van der Waals surface area contributed by atoms with Crippen LogP contribution in [0.5, 0.6) is 0 Å². The fraction of sp³-hybridized carbons (Fsp3) is 0.556. The van der Waals surface area contributed by atoms with Gasteiger partial charge in [0.15, 0.2) is 5.65 Å². The summed E-state index contributed by atoms with van der Waals surface area (Å²) in [5.74, 6) is -0.829. The zero-order chi connectivity index (χ0) is 17.7. The lowest BCUT2D eigenvalue weighted by atomic mass is 9.84. The molecule has 7 heteroatoms. The van der Waals surface area contributed by atoms with Gasteiger partial charge in [-0.05, 0) is 38.2 Å². The Balaban J connectivity index is 1.73. The predicted octanol–water partition coefficient (Wildman–Crippen LogP) is 2.13. The fourth-order valence-electron chi connectivity index (χ4n) is 4.55. The number of hydrogen-bond donors (Lipinski definition) is 1. The normalized spacial score (nSPS) is 26.0. The molecule has 132 valence electrons. The monoisotopic (exact) mass is 342 g/mol. The van der Waals surface area contributed by atoms with E-state index in [0.29, 0.717) is 17.9 Å². The number of likely N-dealkylation sites (tertiary alicyclic amines) is 1. The summed E-state index contributed by atoms with van der Waals surface area (Å²) in [6.45, 7) is 1.88. The molecule has 1 saturated heterocycles. The van der Waals surface area contributed by atoms with Crippen molar-refractivity contribution in [1.82, 2.24) is 19.7 Å². The van der Waals surface area contributed by atoms with Crippen molar-refractivity contribution in [3.8, 4) is 0 Å². The molecule has 3 heterocycles. The average molecular weight is 342 g/mol. The number of fused-ring (bicyclic) bond motifs is 2. The Hall–Kier alpha value is -2.44. The van der Waals surface area contributed by atoms with Crippen LogP contribution in [0.15, 0.2) is 12.3 Å². The van der Waals surface area contributed by atoms with Gasteiger partial charge < -0.3 is 10.0 Å². The Morgan fingerprint density at radius 1 is 1.28 bits per heavy atom. The number of hydrogen-bond acceptors (Lipinski definition) is 4. The Labute approximate surface area is 145 Å². The fourth-order valence-corrected chi connectivity index (χ4v) is 4.55. The van der Waals surface area contributed by atoms with E-state index >= 15 is 0 Å². The number of rotatable bonds is 2. The van der Waals surface area contributed by atoms with Gasteiger partial charge in [-0.2, -0.15) is 5.10 Å². The van der Waals surface area contributed by atoms with Crippen LogP contribution in [0.2, 0.25) is 0 Å². The third kappa shape index (κ3) is 2.49. The zero-order valence-corrected chi connectivity index (χ0v) is 14.5. The molecule has 1 aliphatic heterocycles. The molecule has 2 aromatic heterocycles. The summed E-state index contributed by atoms with van der Waals surface area (Å²) < 4.78 is 1.69. The second kappa shape index (κ2) is 5.82. The molecule has 2 aromatic rings. The van der Waals surface area contributed by atoms with Crippen LogP contribution >= 0.6 is 0 Å². The van der Waals surface area contributed by atoms with Crippen molar-refractivity contribution < 1.29 is 14.7 Å². The molecule has 2 aliphatic rings. The third-order valence-electron chi connectivity index (χ3n) is 5.72. The van der Waals surface area contributed by atoms with Gasteiger partial charge in [0.2, 0.25) is 0 Å². The van der Waals surface area contributed by atoms with Crippen molar-refractivity contribution in [1.29, 1.82) is 0 Å². The lowest BCUT2D eigenvalue weighted by Crippen LogP contribution is -2.46. The molecular weight excluding hydrogens is 320 g/mol. The molecule has 1 saturated carbocycles. The lowest BCUT2D eigenvalue weighted by Gasteiger charge is -2.33. The van der Waals surface area contributed by atoms with E-state index in [1.54, 1.807) is 21.8 Å². The smallest absolute Gasteiger partial charge is 0.326 e. The molecular formula is C18H22N4O3. The minimum absolute atomic E-state index is 0.0352. The SMILES string of the molecule is Cc1nn(C)c2ncc(C(=O)N3C(C(=O)O)CC4CCCCC43)cc12. The van der Waals surface area contributed by atoms with Crippen LogP contribution in [0.3, 0.4) is 0 Å². The van der Waals surface area contributed by atoms with Gasteiger partial charge >= 0.3 is 5.97 Å². The maximum absolute atomic E-state index is 13.2. The molecule has 1 aliphatic carbocycles. The highest BCUT2D eigenvalue weighted by molar-refractivity contribution is 5.99. The topological polar surface area (TPSA) is 88.3 Å². The second-order valence-corrected chi connectivity index (χ2v) is 7.22. The number of aryl methyl sites for hydroxylation is 2. The summed E-state index contributed by atoms with van der Waals surface area (Å²) in [4.78, 5) is 30.9. The van der Waals surface area contributed by atoms with E-state index in [4.69, 9.17) is 0 Å². The van der Waals surface area contributed by atoms with E-state index in [1.807, 2.05) is 14.0 Å². The largest absolute Gasteiger partial charge is 0.480 e. The van der Waals surface area contributed by atoms with E-state index in [2.05, 4.69) is 10.1 Å². The first-order valence-corrected chi connectivity index (χ1v) is 8.82. The molecule has 3 atom stereocenters. The number of pyridine rings is 1. The van der Waals surface area contributed by atoms with Crippen LogP contribution in [-0.4, -0.2) is 48.7 Å². The number of carbonyl (C=O) groups is 2. The predicted molar refractivity (Wildman–Crippen MR) is 91.2 cm³/mol. The van der Waals surface area contributed by atoms with Crippen molar-refractivity contribution >= 4 is 22.9 Å². The molecule has 0 aromatic carbocycles. The molecule has 1 amide bonds. The van der Waals surface area contributed by atoms with E-state index in [9.17, 15) is 14.7 Å². The summed E-state index contributed by atoms with van der Waals surface area (Å²) in [5.41, 5.74) is 1.98. The van der Waals surface area contributed by atoms with Crippen LogP contribution in [0.25, 0.3) is 11.0 Å². The molecule has 25 heavy (non-hydrogen) atoms.